The molecule has 25 heavy (non-hydrogen) atoms. The highest BCUT2D eigenvalue weighted by atomic mass is 16.7. The Hall–Kier alpha value is -2.02. The zero-order valence-electron chi connectivity index (χ0n) is 13.5. The molecule has 2 aromatic rings. The van der Waals surface area contributed by atoms with Gasteiger partial charge < -0.3 is 14.9 Å². The fourth-order valence-electron chi connectivity index (χ4n) is 2.93. The maximum Gasteiger partial charge on any atom is 0.225 e. The first kappa shape index (κ1) is 17.8. The van der Waals surface area contributed by atoms with Crippen LogP contribution in [0.25, 0.3) is 11.2 Å². The molecule has 0 aliphatic carbocycles. The van der Waals surface area contributed by atoms with Crippen molar-refractivity contribution in [3.05, 3.63) is 18.9 Å². The highest BCUT2D eigenvalue weighted by Gasteiger charge is 2.56. The standard InChI is InChI=1S/C14H20N6O5/c1-2-3-8(21)14(15,25-16)11-9(22)10(23)13(24-11)20-6-19-7-4-17-5-18-12(7)20/h4-6,9-11,13,22-23H,2-3,15-16H2,1H3/t9-,10+,11-,13+,14?/m0/s1. The molecule has 3 heterocycles. The van der Waals surface area contributed by atoms with E-state index in [1.165, 1.54) is 23.4 Å². The number of aliphatic hydroxyl groups excluding tert-OH is 2. The number of imidazole rings is 1. The van der Waals surface area contributed by atoms with Crippen molar-refractivity contribution in [2.24, 2.45) is 11.6 Å². The first-order valence-electron chi connectivity index (χ1n) is 7.78. The van der Waals surface area contributed by atoms with Gasteiger partial charge in [-0.05, 0) is 6.42 Å². The van der Waals surface area contributed by atoms with Crippen LogP contribution in [0.15, 0.2) is 18.9 Å². The maximum absolute atomic E-state index is 12.3. The number of hydrogen-bond donors (Lipinski definition) is 4. The maximum atomic E-state index is 12.3. The summed E-state index contributed by atoms with van der Waals surface area (Å²) >= 11 is 0. The summed E-state index contributed by atoms with van der Waals surface area (Å²) in [5.74, 6) is 4.69. The molecule has 1 fully saturated rings. The number of hydrogen-bond acceptors (Lipinski definition) is 10. The van der Waals surface area contributed by atoms with Gasteiger partial charge in [-0.15, -0.1) is 0 Å². The van der Waals surface area contributed by atoms with Crippen molar-refractivity contribution in [3.63, 3.8) is 0 Å². The Bertz CT molecular complexity index is 769. The van der Waals surface area contributed by atoms with Crippen molar-refractivity contribution < 1.29 is 24.6 Å². The van der Waals surface area contributed by atoms with Gasteiger partial charge in [-0.3, -0.25) is 19.9 Å². The molecule has 0 amide bonds. The number of ether oxygens (including phenoxy) is 1. The molecule has 0 saturated carbocycles. The molecular weight excluding hydrogens is 332 g/mol. The Morgan fingerprint density at radius 1 is 1.44 bits per heavy atom. The fraction of sp³-hybridized carbons (Fsp3) is 0.571. The first-order valence-corrected chi connectivity index (χ1v) is 7.78. The number of carbonyl (C=O) groups is 1. The van der Waals surface area contributed by atoms with Crippen molar-refractivity contribution in [2.75, 3.05) is 0 Å². The lowest BCUT2D eigenvalue weighted by molar-refractivity contribution is -0.182. The summed E-state index contributed by atoms with van der Waals surface area (Å²) in [7, 11) is 0. The number of rotatable bonds is 6. The van der Waals surface area contributed by atoms with E-state index in [-0.39, 0.29) is 6.42 Å². The number of aromatic nitrogens is 4. The van der Waals surface area contributed by atoms with E-state index >= 15 is 0 Å². The lowest BCUT2D eigenvalue weighted by Gasteiger charge is -2.32. The fourth-order valence-corrected chi connectivity index (χ4v) is 2.93. The van der Waals surface area contributed by atoms with E-state index in [4.69, 9.17) is 16.4 Å². The molecule has 0 aromatic carbocycles. The predicted octanol–water partition coefficient (Wildman–Crippen LogP) is -1.64. The minimum absolute atomic E-state index is 0.0856. The Balaban J connectivity index is 1.94. The molecule has 0 spiro atoms. The van der Waals surface area contributed by atoms with Gasteiger partial charge in [0.2, 0.25) is 5.72 Å². The van der Waals surface area contributed by atoms with Gasteiger partial charge in [-0.2, -0.15) is 0 Å². The Morgan fingerprint density at radius 2 is 2.20 bits per heavy atom. The third kappa shape index (κ3) is 2.80. The van der Waals surface area contributed by atoms with Crippen molar-refractivity contribution >= 4 is 16.9 Å². The molecule has 11 nitrogen and oxygen atoms in total. The van der Waals surface area contributed by atoms with Crippen molar-refractivity contribution in [1.82, 2.24) is 19.5 Å². The molecule has 11 heteroatoms. The molecule has 1 aliphatic rings. The van der Waals surface area contributed by atoms with Crippen LogP contribution in [0.5, 0.6) is 0 Å². The van der Waals surface area contributed by atoms with Crippen LogP contribution in [0.3, 0.4) is 0 Å². The monoisotopic (exact) mass is 352 g/mol. The number of fused-ring (bicyclic) bond motifs is 1. The van der Waals surface area contributed by atoms with Crippen LogP contribution < -0.4 is 11.6 Å². The smallest absolute Gasteiger partial charge is 0.225 e. The summed E-state index contributed by atoms with van der Waals surface area (Å²) in [6.07, 6.45) is -0.545. The molecule has 1 unspecified atom stereocenters. The van der Waals surface area contributed by atoms with Gasteiger partial charge in [0.15, 0.2) is 17.7 Å². The first-order chi connectivity index (χ1) is 11.9. The van der Waals surface area contributed by atoms with Crippen LogP contribution in [-0.2, 0) is 14.4 Å². The number of Topliss-reactive ketones (excluding diaryl/α,β-unsaturated/α-hetero) is 1. The molecule has 6 N–H and O–H groups in total. The lowest BCUT2D eigenvalue weighted by atomic mass is 9.94. The number of nitrogens with two attached hydrogens (primary N) is 2. The lowest BCUT2D eigenvalue weighted by Crippen LogP contribution is -2.64. The average Bonchev–Trinajstić information content (AvgIpc) is 3.17. The highest BCUT2D eigenvalue weighted by molar-refractivity contribution is 5.87. The summed E-state index contributed by atoms with van der Waals surface area (Å²) in [4.78, 5) is 29.0. The highest BCUT2D eigenvalue weighted by Crippen LogP contribution is 2.36. The van der Waals surface area contributed by atoms with Gasteiger partial charge in [0, 0.05) is 6.42 Å². The molecule has 5 atom stereocenters. The van der Waals surface area contributed by atoms with Crippen molar-refractivity contribution in [1.29, 1.82) is 0 Å². The molecular formula is C14H20N6O5. The topological polar surface area (TPSA) is 172 Å². The minimum atomic E-state index is -2.09. The Kier molecular flexibility index (Phi) is 4.77. The number of nitrogens with zero attached hydrogens (tertiary/aromatic N) is 4. The van der Waals surface area contributed by atoms with E-state index in [1.807, 2.05) is 0 Å². The molecule has 0 radical (unpaired) electrons. The van der Waals surface area contributed by atoms with E-state index in [1.54, 1.807) is 6.92 Å². The van der Waals surface area contributed by atoms with Gasteiger partial charge in [-0.25, -0.2) is 20.8 Å². The molecule has 0 bridgehead atoms. The summed E-state index contributed by atoms with van der Waals surface area (Å²) < 4.78 is 7.10. The van der Waals surface area contributed by atoms with Crippen LogP contribution in [0, 0.1) is 0 Å². The largest absolute Gasteiger partial charge is 0.387 e. The Morgan fingerprint density at radius 3 is 2.88 bits per heavy atom. The van der Waals surface area contributed by atoms with Crippen LogP contribution in [0.2, 0.25) is 0 Å². The van der Waals surface area contributed by atoms with E-state index in [0.29, 0.717) is 17.6 Å². The van der Waals surface area contributed by atoms with Crippen LogP contribution in [0.1, 0.15) is 26.0 Å². The third-order valence-corrected chi connectivity index (χ3v) is 4.28. The summed E-state index contributed by atoms with van der Waals surface area (Å²) in [5.41, 5.74) is 4.75. The number of carbonyl (C=O) groups excluding carboxylic acids is 1. The van der Waals surface area contributed by atoms with Gasteiger partial charge in [0.05, 0.1) is 12.5 Å². The van der Waals surface area contributed by atoms with E-state index in [9.17, 15) is 15.0 Å². The van der Waals surface area contributed by atoms with E-state index in [2.05, 4.69) is 19.8 Å². The van der Waals surface area contributed by atoms with Crippen LogP contribution >= 0.6 is 0 Å². The van der Waals surface area contributed by atoms with Crippen LogP contribution in [0.4, 0.5) is 0 Å². The van der Waals surface area contributed by atoms with Gasteiger partial charge >= 0.3 is 0 Å². The number of aliphatic hydroxyl groups is 2. The predicted molar refractivity (Wildman–Crippen MR) is 83.4 cm³/mol. The normalized spacial score (nSPS) is 29.0. The zero-order valence-corrected chi connectivity index (χ0v) is 13.5. The van der Waals surface area contributed by atoms with Crippen molar-refractivity contribution in [2.45, 2.75) is 50.0 Å². The summed E-state index contributed by atoms with van der Waals surface area (Å²) in [5, 5.41) is 20.8. The molecule has 136 valence electrons. The molecule has 1 aliphatic heterocycles. The Labute approximate surface area is 142 Å². The SMILES string of the molecule is CCCC(=O)C(N)(ON)[C@H]1O[C@@H](n2cnc3cncnc32)[C@H](O)[C@@H]1O. The van der Waals surface area contributed by atoms with E-state index < -0.39 is 36.0 Å². The second-order valence-corrected chi connectivity index (χ2v) is 5.90. The third-order valence-electron chi connectivity index (χ3n) is 4.28. The zero-order chi connectivity index (χ0) is 18.2. The van der Waals surface area contributed by atoms with Crippen LogP contribution in [-0.4, -0.2) is 59.6 Å². The second-order valence-electron chi connectivity index (χ2n) is 5.90. The van der Waals surface area contributed by atoms with Gasteiger partial charge in [-0.1, -0.05) is 6.92 Å². The molecule has 3 rings (SSSR count). The van der Waals surface area contributed by atoms with Gasteiger partial charge in [0.25, 0.3) is 0 Å². The second kappa shape index (κ2) is 6.71. The summed E-state index contributed by atoms with van der Waals surface area (Å²) in [6, 6.07) is 0. The minimum Gasteiger partial charge on any atom is -0.387 e. The van der Waals surface area contributed by atoms with E-state index in [0.717, 1.165) is 0 Å². The average molecular weight is 352 g/mol. The quantitative estimate of drug-likeness (QED) is 0.349. The molecule has 2 aromatic heterocycles. The van der Waals surface area contributed by atoms with Gasteiger partial charge in [0.1, 0.15) is 30.2 Å². The molecule has 1 saturated heterocycles. The number of ketones is 1. The summed E-state index contributed by atoms with van der Waals surface area (Å²) in [6.45, 7) is 1.79. The van der Waals surface area contributed by atoms with Crippen molar-refractivity contribution in [3.8, 4) is 0 Å².